The first-order valence-electron chi connectivity index (χ1n) is 8.70. The van der Waals surface area contributed by atoms with Crippen molar-refractivity contribution < 1.29 is 13.9 Å². The summed E-state index contributed by atoms with van der Waals surface area (Å²) in [6.07, 6.45) is 3.01. The van der Waals surface area contributed by atoms with Crippen LogP contribution in [0.5, 0.6) is 0 Å². The fourth-order valence-corrected chi connectivity index (χ4v) is 3.48. The molecule has 0 N–H and O–H groups in total. The van der Waals surface area contributed by atoms with Crippen LogP contribution in [-0.4, -0.2) is 20.5 Å². The number of aromatic nitrogens is 3. The number of rotatable bonds is 6. The second-order valence-corrected chi connectivity index (χ2v) is 7.19. The van der Waals surface area contributed by atoms with E-state index in [1.54, 1.807) is 6.07 Å². The first kappa shape index (κ1) is 18.1. The minimum Gasteiger partial charge on any atom is -0.459 e. The Bertz CT molecular complexity index is 1180. The van der Waals surface area contributed by atoms with Crippen LogP contribution in [0.25, 0.3) is 21.7 Å². The number of esters is 1. The van der Waals surface area contributed by atoms with Gasteiger partial charge in [0.2, 0.25) is 5.89 Å². The van der Waals surface area contributed by atoms with Crippen molar-refractivity contribution in [2.24, 2.45) is 0 Å². The average molecular weight is 395 g/mol. The molecule has 0 radical (unpaired) electrons. The van der Waals surface area contributed by atoms with E-state index in [0.29, 0.717) is 22.5 Å². The second-order valence-electron chi connectivity index (χ2n) is 6.25. The summed E-state index contributed by atoms with van der Waals surface area (Å²) in [5, 5.41) is 2.48. The lowest BCUT2D eigenvalue weighted by atomic mass is 10.1. The summed E-state index contributed by atoms with van der Waals surface area (Å²) in [6.45, 7) is 2.13. The molecule has 0 atom stereocenters. The van der Waals surface area contributed by atoms with Gasteiger partial charge in [-0.15, -0.1) is 11.3 Å². The fourth-order valence-electron chi connectivity index (χ4n) is 2.82. The molecule has 0 spiro atoms. The molecule has 4 rings (SSSR count). The maximum atomic E-state index is 12.5. The van der Waals surface area contributed by atoms with Crippen molar-refractivity contribution in [3.05, 3.63) is 69.9 Å². The third kappa shape index (κ3) is 3.72. The van der Waals surface area contributed by atoms with Gasteiger partial charge in [-0.1, -0.05) is 18.2 Å². The molecule has 0 aliphatic carbocycles. The predicted octanol–water partition coefficient (Wildman–Crippen LogP) is 3.55. The van der Waals surface area contributed by atoms with Crippen molar-refractivity contribution in [2.75, 3.05) is 0 Å². The van der Waals surface area contributed by atoms with Crippen LogP contribution in [0.15, 0.2) is 57.5 Å². The molecule has 0 fully saturated rings. The van der Waals surface area contributed by atoms with E-state index in [9.17, 15) is 9.59 Å². The molecule has 4 aromatic rings. The summed E-state index contributed by atoms with van der Waals surface area (Å²) >= 11 is 1.52. The van der Waals surface area contributed by atoms with Crippen LogP contribution in [0.4, 0.5) is 0 Å². The van der Waals surface area contributed by atoms with Crippen LogP contribution in [0.3, 0.4) is 0 Å². The van der Waals surface area contributed by atoms with E-state index in [0.717, 1.165) is 10.4 Å². The normalized spacial score (nSPS) is 11.0. The van der Waals surface area contributed by atoms with Crippen LogP contribution in [0, 0.1) is 6.92 Å². The van der Waals surface area contributed by atoms with E-state index >= 15 is 0 Å². The largest absolute Gasteiger partial charge is 0.459 e. The topological polar surface area (TPSA) is 87.2 Å². The summed E-state index contributed by atoms with van der Waals surface area (Å²) in [4.78, 5) is 34.1. The number of hydrogen-bond donors (Lipinski definition) is 0. The molecular formula is C20H17N3O4S. The molecule has 7 nitrogen and oxygen atoms in total. The average Bonchev–Trinajstić information content (AvgIpc) is 3.38. The lowest BCUT2D eigenvalue weighted by Crippen LogP contribution is -2.22. The molecular weight excluding hydrogens is 378 g/mol. The Labute approximate surface area is 164 Å². The number of para-hydroxylation sites is 1. The Hall–Kier alpha value is -3.26. The maximum absolute atomic E-state index is 12.5. The first-order chi connectivity index (χ1) is 13.6. The first-order valence-corrected chi connectivity index (χ1v) is 9.58. The molecule has 0 bridgehead atoms. The maximum Gasteiger partial charge on any atom is 0.307 e. The summed E-state index contributed by atoms with van der Waals surface area (Å²) in [5.74, 6) is 0.0852. The van der Waals surface area contributed by atoms with Gasteiger partial charge in [-0.05, 0) is 30.0 Å². The van der Waals surface area contributed by atoms with Gasteiger partial charge in [0, 0.05) is 6.54 Å². The molecule has 0 amide bonds. The predicted molar refractivity (Wildman–Crippen MR) is 105 cm³/mol. The number of fused-ring (bicyclic) bond motifs is 1. The number of ether oxygens (including phenoxy) is 1. The number of carbonyl (C=O) groups excluding carboxylic acids is 1. The van der Waals surface area contributed by atoms with Gasteiger partial charge in [0.05, 0.1) is 28.5 Å². The molecule has 28 heavy (non-hydrogen) atoms. The zero-order chi connectivity index (χ0) is 19.5. The van der Waals surface area contributed by atoms with Gasteiger partial charge in [0.15, 0.2) is 0 Å². The van der Waals surface area contributed by atoms with Crippen LogP contribution >= 0.6 is 11.3 Å². The summed E-state index contributed by atoms with van der Waals surface area (Å²) in [7, 11) is 0. The van der Waals surface area contributed by atoms with E-state index in [-0.39, 0.29) is 25.1 Å². The fraction of sp³-hybridized carbons (Fsp3) is 0.200. The molecule has 0 aliphatic heterocycles. The molecule has 142 valence electrons. The van der Waals surface area contributed by atoms with Crippen molar-refractivity contribution >= 4 is 28.2 Å². The molecule has 3 heterocycles. The van der Waals surface area contributed by atoms with E-state index in [1.165, 1.54) is 28.5 Å². The van der Waals surface area contributed by atoms with Crippen molar-refractivity contribution in [2.45, 2.75) is 26.5 Å². The van der Waals surface area contributed by atoms with E-state index in [1.807, 2.05) is 36.6 Å². The molecule has 0 aliphatic rings. The standard InChI is InChI=1S/C20H17N3O4S/c1-13-4-2-5-15-18(13)21-12-23(20(15)25)8-7-17(24)26-10-14-11-27-19(22-14)16-6-3-9-28-16/h2-6,9,11-12H,7-8,10H2,1H3. The van der Waals surface area contributed by atoms with Gasteiger partial charge in [0.1, 0.15) is 18.6 Å². The number of hydrogen-bond acceptors (Lipinski definition) is 7. The van der Waals surface area contributed by atoms with Crippen molar-refractivity contribution in [3.63, 3.8) is 0 Å². The second kappa shape index (κ2) is 7.77. The van der Waals surface area contributed by atoms with Crippen LogP contribution in [0.2, 0.25) is 0 Å². The van der Waals surface area contributed by atoms with Crippen molar-refractivity contribution in [3.8, 4) is 10.8 Å². The smallest absolute Gasteiger partial charge is 0.307 e. The number of aryl methyl sites for hydroxylation is 2. The minimum atomic E-state index is -0.420. The third-order valence-corrected chi connectivity index (χ3v) is 5.13. The lowest BCUT2D eigenvalue weighted by Gasteiger charge is -2.07. The highest BCUT2D eigenvalue weighted by Gasteiger charge is 2.11. The SMILES string of the molecule is Cc1cccc2c(=O)n(CCC(=O)OCc3coc(-c4cccs4)n3)cnc12. The molecule has 1 aromatic carbocycles. The summed E-state index contributed by atoms with van der Waals surface area (Å²) in [6, 6.07) is 9.28. The van der Waals surface area contributed by atoms with Crippen LogP contribution in [0.1, 0.15) is 17.7 Å². The van der Waals surface area contributed by atoms with Crippen LogP contribution in [-0.2, 0) is 22.7 Å². The van der Waals surface area contributed by atoms with Gasteiger partial charge in [-0.2, -0.15) is 0 Å². The van der Waals surface area contributed by atoms with Gasteiger partial charge in [0.25, 0.3) is 5.56 Å². The number of nitrogens with zero attached hydrogens (tertiary/aromatic N) is 3. The highest BCUT2D eigenvalue weighted by molar-refractivity contribution is 7.13. The van der Waals surface area contributed by atoms with Gasteiger partial charge < -0.3 is 9.15 Å². The minimum absolute atomic E-state index is 0.0256. The number of thiophene rings is 1. The molecule has 0 saturated carbocycles. The molecule has 0 unspecified atom stereocenters. The van der Waals surface area contributed by atoms with Gasteiger partial charge in [-0.3, -0.25) is 14.2 Å². The molecule has 3 aromatic heterocycles. The molecule has 0 saturated heterocycles. The quantitative estimate of drug-likeness (QED) is 0.464. The summed E-state index contributed by atoms with van der Waals surface area (Å²) in [5.41, 5.74) is 1.99. The third-order valence-electron chi connectivity index (χ3n) is 4.28. The highest BCUT2D eigenvalue weighted by atomic mass is 32.1. The van der Waals surface area contributed by atoms with Gasteiger partial charge in [-0.25, -0.2) is 9.97 Å². The van der Waals surface area contributed by atoms with E-state index < -0.39 is 5.97 Å². The Morgan fingerprint density at radius 1 is 1.29 bits per heavy atom. The number of carbonyl (C=O) groups is 1. The number of benzene rings is 1. The zero-order valence-electron chi connectivity index (χ0n) is 15.1. The van der Waals surface area contributed by atoms with Gasteiger partial charge >= 0.3 is 5.97 Å². The molecule has 8 heteroatoms. The van der Waals surface area contributed by atoms with E-state index in [4.69, 9.17) is 9.15 Å². The Balaban J connectivity index is 1.35. The van der Waals surface area contributed by atoms with Crippen LogP contribution < -0.4 is 5.56 Å². The zero-order valence-corrected chi connectivity index (χ0v) is 15.9. The van der Waals surface area contributed by atoms with E-state index in [2.05, 4.69) is 9.97 Å². The highest BCUT2D eigenvalue weighted by Crippen LogP contribution is 2.23. The Morgan fingerprint density at radius 3 is 3.00 bits per heavy atom. The van der Waals surface area contributed by atoms with Crippen molar-refractivity contribution in [1.82, 2.24) is 14.5 Å². The lowest BCUT2D eigenvalue weighted by molar-refractivity contribution is -0.145. The van der Waals surface area contributed by atoms with Crippen molar-refractivity contribution in [1.29, 1.82) is 0 Å². The Kier molecular flexibility index (Phi) is 5.03. The number of oxazole rings is 1. The summed E-state index contributed by atoms with van der Waals surface area (Å²) < 4.78 is 12.0. The Morgan fingerprint density at radius 2 is 2.18 bits per heavy atom. The monoisotopic (exact) mass is 395 g/mol.